The van der Waals surface area contributed by atoms with Gasteiger partial charge in [0.25, 0.3) is 0 Å². The molecule has 10 heteroatoms. The van der Waals surface area contributed by atoms with Gasteiger partial charge in [0.1, 0.15) is 24.4 Å². The minimum absolute atomic E-state index is 0.0122. The Morgan fingerprint density at radius 3 is 1.82 bits per heavy atom. The zero-order valence-electron chi connectivity index (χ0n) is 19.7. The van der Waals surface area contributed by atoms with Crippen LogP contribution in [-0.2, 0) is 4.74 Å². The van der Waals surface area contributed by atoms with E-state index in [4.69, 9.17) is 0 Å². The summed E-state index contributed by atoms with van der Waals surface area (Å²) in [7, 11) is 0.500. The molecule has 0 amide bonds. The lowest BCUT2D eigenvalue weighted by molar-refractivity contribution is -0.308. The first-order chi connectivity index (χ1) is 15.2. The molecule has 198 valence electrons. The smallest absolute Gasteiger partial charge is 0.317 e. The van der Waals surface area contributed by atoms with Crippen LogP contribution in [0.15, 0.2) is 0 Å². The Kier molecular flexibility index (Phi) is 11.8. The topological polar surface area (TPSA) is 9.23 Å². The van der Waals surface area contributed by atoms with Gasteiger partial charge in [0.2, 0.25) is 0 Å². The van der Waals surface area contributed by atoms with Crippen molar-refractivity contribution in [2.75, 3.05) is 7.18 Å². The Hall–Kier alpha value is -0.670. The largest absolute Gasteiger partial charge is 0.397 e. The van der Waals surface area contributed by atoms with Crippen LogP contribution in [0.25, 0.3) is 0 Å². The predicted molar refractivity (Wildman–Crippen MR) is 109 cm³/mol. The van der Waals surface area contributed by atoms with Crippen molar-refractivity contribution < 1.29 is 44.3 Å². The maximum Gasteiger partial charge on any atom is 0.397 e. The second kappa shape index (κ2) is 12.9. The summed E-state index contributed by atoms with van der Waals surface area (Å²) in [5.41, 5.74) is 0. The highest BCUT2D eigenvalue weighted by atomic mass is 19.4. The van der Waals surface area contributed by atoms with Gasteiger partial charge >= 0.3 is 12.3 Å². The van der Waals surface area contributed by atoms with Crippen molar-refractivity contribution in [2.45, 2.75) is 109 Å². The molecule has 2 saturated carbocycles. The Morgan fingerprint density at radius 1 is 0.848 bits per heavy atom. The highest BCUT2D eigenvalue weighted by Crippen LogP contribution is 2.47. The first kappa shape index (κ1) is 30.4. The number of ether oxygens (including phenoxy) is 1. The van der Waals surface area contributed by atoms with Gasteiger partial charge < -0.3 is 4.74 Å². The molecule has 0 bridgehead atoms. The highest BCUT2D eigenvalue weighted by Gasteiger charge is 2.52. The van der Waals surface area contributed by atoms with E-state index >= 15 is 0 Å². The molecule has 2 aliphatic rings. The van der Waals surface area contributed by atoms with E-state index in [0.717, 1.165) is 32.6 Å². The molecule has 0 aromatic carbocycles. The molecule has 0 N–H and O–H groups in total. The summed E-state index contributed by atoms with van der Waals surface area (Å²) in [6.45, 7) is 3.74. The summed E-state index contributed by atoms with van der Waals surface area (Å²) in [5.74, 6) is -3.64. The van der Waals surface area contributed by atoms with Crippen molar-refractivity contribution in [3.05, 3.63) is 0 Å². The fraction of sp³-hybridized carbons (Fsp3) is 1.00. The third-order valence-corrected chi connectivity index (χ3v) is 7.15. The van der Waals surface area contributed by atoms with Crippen molar-refractivity contribution in [1.82, 2.24) is 0 Å². The van der Waals surface area contributed by atoms with E-state index in [9.17, 15) is 39.5 Å². The number of rotatable bonds is 8. The van der Waals surface area contributed by atoms with Gasteiger partial charge in [-0.1, -0.05) is 19.8 Å². The van der Waals surface area contributed by atoms with Crippen LogP contribution in [0.2, 0.25) is 0 Å². The van der Waals surface area contributed by atoms with Crippen LogP contribution in [-0.4, -0.2) is 44.1 Å². The van der Waals surface area contributed by atoms with Crippen LogP contribution in [0, 0.1) is 29.6 Å². The fourth-order valence-corrected chi connectivity index (χ4v) is 5.33. The molecular weight excluding hydrogens is 463 g/mol. The van der Waals surface area contributed by atoms with Gasteiger partial charge in [-0.3, -0.25) is 4.39 Å². The Balaban J connectivity index is 0.00000265. The summed E-state index contributed by atoms with van der Waals surface area (Å²) in [5, 5.41) is 0. The van der Waals surface area contributed by atoms with Gasteiger partial charge in [-0.05, 0) is 63.7 Å². The van der Waals surface area contributed by atoms with Crippen molar-refractivity contribution >= 4 is 0 Å². The van der Waals surface area contributed by atoms with Gasteiger partial charge in [-0.15, -0.1) is 0 Å². The van der Waals surface area contributed by atoms with Crippen LogP contribution in [0.3, 0.4) is 0 Å². The summed E-state index contributed by atoms with van der Waals surface area (Å²) in [4.78, 5) is 0. The number of alkyl halides is 9. The summed E-state index contributed by atoms with van der Waals surface area (Å²) >= 11 is 0. The van der Waals surface area contributed by atoms with E-state index < -0.39 is 55.2 Å². The van der Waals surface area contributed by atoms with E-state index in [-0.39, 0.29) is 18.8 Å². The molecule has 0 heterocycles. The van der Waals surface area contributed by atoms with Crippen molar-refractivity contribution in [2.24, 2.45) is 29.6 Å². The minimum Gasteiger partial charge on any atom is -0.317 e. The third kappa shape index (κ3) is 8.80. The van der Waals surface area contributed by atoms with E-state index in [1.807, 2.05) is 0 Å². The van der Waals surface area contributed by atoms with Crippen LogP contribution >= 0.6 is 0 Å². The molecule has 7 atom stereocenters. The fourth-order valence-electron chi connectivity index (χ4n) is 5.33. The second-order valence-electron chi connectivity index (χ2n) is 9.70. The third-order valence-electron chi connectivity index (χ3n) is 7.15. The number of hydrogen-bond donors (Lipinski definition) is 0. The summed E-state index contributed by atoms with van der Waals surface area (Å²) in [6, 6.07) is 0. The van der Waals surface area contributed by atoms with E-state index in [0.29, 0.717) is 32.4 Å². The monoisotopic (exact) mass is 500 g/mol. The second-order valence-corrected chi connectivity index (χ2v) is 9.70. The van der Waals surface area contributed by atoms with Gasteiger partial charge in [0.05, 0.1) is 19.2 Å². The van der Waals surface area contributed by atoms with Crippen LogP contribution in [0.5, 0.6) is 0 Å². The molecule has 2 rings (SSSR count). The standard InChI is InChI=1S/C22H34F8O.CH3F/c1-12-4-6-15(7-5-12)16-8-9-17(18(24)11-16)22(29,30)31-13(2)10-19(25)20(14(3)23)21(26,27)28;1-2/h12-20H,4-11H2,1-3H3;1H3. The van der Waals surface area contributed by atoms with Gasteiger partial charge in [-0.25, -0.2) is 13.2 Å². The van der Waals surface area contributed by atoms with Gasteiger partial charge in [-0.2, -0.15) is 22.0 Å². The van der Waals surface area contributed by atoms with E-state index in [1.165, 1.54) is 0 Å². The average molecular weight is 501 g/mol. The number of halogens is 9. The molecule has 0 aliphatic heterocycles. The zero-order valence-corrected chi connectivity index (χ0v) is 19.7. The normalized spacial score (nSPS) is 32.8. The highest BCUT2D eigenvalue weighted by molar-refractivity contribution is 4.89. The van der Waals surface area contributed by atoms with Crippen LogP contribution in [0.4, 0.5) is 39.5 Å². The van der Waals surface area contributed by atoms with Crippen molar-refractivity contribution in [3.63, 3.8) is 0 Å². The maximum atomic E-state index is 14.7. The van der Waals surface area contributed by atoms with E-state index in [2.05, 4.69) is 11.7 Å². The average Bonchev–Trinajstić information content (AvgIpc) is 2.67. The first-order valence-corrected chi connectivity index (χ1v) is 11.6. The Labute approximate surface area is 190 Å². The summed E-state index contributed by atoms with van der Waals surface area (Å²) < 4.78 is 124. The summed E-state index contributed by atoms with van der Waals surface area (Å²) in [6.07, 6.45) is -14.4. The molecule has 0 saturated heterocycles. The predicted octanol–water partition coefficient (Wildman–Crippen LogP) is 8.42. The van der Waals surface area contributed by atoms with Crippen molar-refractivity contribution in [3.8, 4) is 0 Å². The maximum absolute atomic E-state index is 14.7. The Bertz CT molecular complexity index is 547. The Morgan fingerprint density at radius 2 is 1.36 bits per heavy atom. The van der Waals surface area contributed by atoms with Crippen LogP contribution in [0.1, 0.15) is 72.1 Å². The lowest BCUT2D eigenvalue weighted by atomic mass is 9.68. The van der Waals surface area contributed by atoms with Crippen LogP contribution < -0.4 is 0 Å². The molecule has 33 heavy (non-hydrogen) atoms. The number of hydrogen-bond acceptors (Lipinski definition) is 1. The quantitative estimate of drug-likeness (QED) is 0.304. The molecule has 0 spiro atoms. The SMILES string of the molecule is CC1CCC(C2CCC(C(F)(F)OC(C)CC(F)C(C(C)F)C(F)(F)F)C(F)C2)CC1.CF. The zero-order chi connectivity index (χ0) is 25.6. The molecule has 7 unspecified atom stereocenters. The molecule has 2 aliphatic carbocycles. The lowest BCUT2D eigenvalue weighted by Gasteiger charge is -2.41. The van der Waals surface area contributed by atoms with Gasteiger partial charge in [0, 0.05) is 6.42 Å². The minimum atomic E-state index is -5.14. The van der Waals surface area contributed by atoms with E-state index in [1.54, 1.807) is 0 Å². The molecular formula is C23H37F9O. The molecule has 0 aromatic heterocycles. The molecule has 1 nitrogen and oxygen atoms in total. The molecule has 0 radical (unpaired) electrons. The first-order valence-electron chi connectivity index (χ1n) is 11.6. The van der Waals surface area contributed by atoms with Crippen molar-refractivity contribution in [1.29, 1.82) is 0 Å². The molecule has 0 aromatic rings. The molecule has 2 fully saturated rings. The lowest BCUT2D eigenvalue weighted by Crippen LogP contribution is -2.45. The van der Waals surface area contributed by atoms with Gasteiger partial charge in [0.15, 0.2) is 0 Å².